The van der Waals surface area contributed by atoms with Crippen LogP contribution in [0.25, 0.3) is 0 Å². The van der Waals surface area contributed by atoms with Gasteiger partial charge >= 0.3 is 0 Å². The molecule has 4 atom stereocenters. The number of hydrogen-bond donors (Lipinski definition) is 1. The topological polar surface area (TPSA) is 15.3 Å². The number of hydrogen-bond acceptors (Lipinski definition) is 2. The maximum atomic E-state index is 3.84. The van der Waals surface area contributed by atoms with E-state index in [0.29, 0.717) is 11.5 Å². The molecule has 3 aliphatic rings. The molecular weight excluding hydrogens is 256 g/mol. The molecule has 0 amide bonds. The fourth-order valence-electron chi connectivity index (χ4n) is 4.86. The summed E-state index contributed by atoms with van der Waals surface area (Å²) >= 11 is 0. The summed E-state index contributed by atoms with van der Waals surface area (Å²) in [4.78, 5) is 2.50. The molecule has 1 saturated carbocycles. The Hall–Kier alpha value is -1.02. The lowest BCUT2D eigenvalue weighted by Crippen LogP contribution is -2.32. The van der Waals surface area contributed by atoms with E-state index in [1.807, 2.05) is 0 Å². The van der Waals surface area contributed by atoms with Crippen LogP contribution in [-0.2, 0) is 0 Å². The van der Waals surface area contributed by atoms with Crippen LogP contribution in [0, 0.1) is 17.8 Å². The second-order valence-corrected chi connectivity index (χ2v) is 6.97. The molecule has 0 radical (unpaired) electrons. The molecule has 0 bridgehead atoms. The molecule has 1 aliphatic heterocycles. The van der Waals surface area contributed by atoms with Crippen LogP contribution < -0.4 is 5.32 Å². The summed E-state index contributed by atoms with van der Waals surface area (Å²) in [5.74, 6) is 2.20. The van der Waals surface area contributed by atoms with Crippen LogP contribution in [0.3, 0.4) is 0 Å². The summed E-state index contributed by atoms with van der Waals surface area (Å²) in [6.07, 6.45) is 12.0. The van der Waals surface area contributed by atoms with Crippen molar-refractivity contribution in [3.05, 3.63) is 35.6 Å². The van der Waals surface area contributed by atoms with Crippen LogP contribution in [0.1, 0.15) is 40.5 Å². The fourth-order valence-corrected chi connectivity index (χ4v) is 4.86. The van der Waals surface area contributed by atoms with Crippen molar-refractivity contribution in [3.63, 3.8) is 0 Å². The second-order valence-electron chi connectivity index (χ2n) is 6.97. The highest BCUT2D eigenvalue weighted by molar-refractivity contribution is 5.40. The summed E-state index contributed by atoms with van der Waals surface area (Å²) in [5, 5.41) is 3.84. The molecule has 1 N–H and O–H groups in total. The third-order valence-electron chi connectivity index (χ3n) is 5.88. The minimum atomic E-state index is 0.363. The van der Waals surface area contributed by atoms with Gasteiger partial charge in [-0.3, -0.25) is 0 Å². The van der Waals surface area contributed by atoms with Gasteiger partial charge in [0.25, 0.3) is 0 Å². The van der Waals surface area contributed by atoms with Crippen LogP contribution >= 0.6 is 0 Å². The molecule has 2 fully saturated rings. The summed E-state index contributed by atoms with van der Waals surface area (Å²) in [6.45, 7) is 12.7. The largest absolute Gasteiger partial charge is 0.372 e. The Morgan fingerprint density at radius 3 is 2.90 bits per heavy atom. The van der Waals surface area contributed by atoms with Crippen molar-refractivity contribution in [1.82, 2.24) is 10.2 Å². The minimum Gasteiger partial charge on any atom is -0.372 e. The first-order valence-corrected chi connectivity index (χ1v) is 8.71. The lowest BCUT2D eigenvalue weighted by molar-refractivity contribution is 0.373. The van der Waals surface area contributed by atoms with Gasteiger partial charge in [-0.25, -0.2) is 0 Å². The van der Waals surface area contributed by atoms with Gasteiger partial charge < -0.3 is 10.2 Å². The average molecular weight is 286 g/mol. The molecule has 0 aromatic carbocycles. The third-order valence-corrected chi connectivity index (χ3v) is 5.88. The molecule has 1 heterocycles. The van der Waals surface area contributed by atoms with Gasteiger partial charge in [0.15, 0.2) is 0 Å². The highest BCUT2D eigenvalue weighted by Gasteiger charge is 2.67. The zero-order valence-corrected chi connectivity index (χ0v) is 14.0. The highest BCUT2D eigenvalue weighted by Crippen LogP contribution is 2.61. The van der Waals surface area contributed by atoms with E-state index in [4.69, 9.17) is 0 Å². The lowest BCUT2D eigenvalue weighted by Gasteiger charge is -2.24. The van der Waals surface area contributed by atoms with E-state index >= 15 is 0 Å². The van der Waals surface area contributed by atoms with E-state index in [-0.39, 0.29) is 0 Å². The van der Waals surface area contributed by atoms with Crippen molar-refractivity contribution >= 4 is 0 Å². The van der Waals surface area contributed by atoms with Gasteiger partial charge in [0.05, 0.1) is 0 Å². The zero-order chi connectivity index (χ0) is 15.0. The van der Waals surface area contributed by atoms with Crippen LogP contribution in [-0.4, -0.2) is 30.1 Å². The third kappa shape index (κ3) is 2.28. The lowest BCUT2D eigenvalue weighted by atomic mass is 9.93. The normalized spacial score (nSPS) is 42.6. The van der Waals surface area contributed by atoms with Gasteiger partial charge in [-0.05, 0) is 57.2 Å². The molecule has 21 heavy (non-hydrogen) atoms. The standard InChI is InChI=1S/C19H30N2/c1-5-12-21(6-2)17-9-7-8-16-10-11-20-19(16)15(4)18(19)14(3)13-17/h7-9,13,15-16,18,20H,5-6,10-12H2,1-4H3/b8-7?,14-13+,17-9+. The molecule has 1 spiro atoms. The van der Waals surface area contributed by atoms with Gasteiger partial charge in [-0.15, -0.1) is 0 Å². The van der Waals surface area contributed by atoms with Crippen molar-refractivity contribution in [2.75, 3.05) is 19.6 Å². The Bertz CT molecular complexity index is 488. The van der Waals surface area contributed by atoms with Crippen molar-refractivity contribution in [1.29, 1.82) is 0 Å². The maximum absolute atomic E-state index is 3.84. The van der Waals surface area contributed by atoms with E-state index < -0.39 is 0 Å². The van der Waals surface area contributed by atoms with Gasteiger partial charge in [-0.1, -0.05) is 31.6 Å². The summed E-state index contributed by atoms with van der Waals surface area (Å²) < 4.78 is 0. The Balaban J connectivity index is 1.93. The maximum Gasteiger partial charge on any atom is 0.0365 e. The van der Waals surface area contributed by atoms with E-state index in [9.17, 15) is 0 Å². The summed E-state index contributed by atoms with van der Waals surface area (Å²) in [5.41, 5.74) is 3.32. The van der Waals surface area contributed by atoms with Crippen molar-refractivity contribution < 1.29 is 0 Å². The van der Waals surface area contributed by atoms with Crippen LogP contribution in [0.2, 0.25) is 0 Å². The SMILES string of the molecule is CCCN(CC)C1=C/C=CC2CCNC23C(C)C3\C(C)=C\1. The number of rotatable bonds is 4. The molecule has 2 nitrogen and oxygen atoms in total. The van der Waals surface area contributed by atoms with E-state index in [1.54, 1.807) is 5.57 Å². The Kier molecular flexibility index (Phi) is 4.00. The molecule has 3 rings (SSSR count). The zero-order valence-electron chi connectivity index (χ0n) is 14.0. The van der Waals surface area contributed by atoms with Gasteiger partial charge in [0.2, 0.25) is 0 Å². The number of allylic oxidation sites excluding steroid dienone is 3. The Morgan fingerprint density at radius 2 is 2.19 bits per heavy atom. The molecule has 116 valence electrons. The summed E-state index contributed by atoms with van der Waals surface area (Å²) in [7, 11) is 0. The monoisotopic (exact) mass is 286 g/mol. The van der Waals surface area contributed by atoms with Crippen molar-refractivity contribution in [2.24, 2.45) is 17.8 Å². The quantitative estimate of drug-likeness (QED) is 0.847. The average Bonchev–Trinajstić information content (AvgIpc) is 2.83. The first-order valence-electron chi connectivity index (χ1n) is 8.71. The number of nitrogens with zero attached hydrogens (tertiary/aromatic N) is 1. The van der Waals surface area contributed by atoms with Crippen molar-refractivity contribution in [3.8, 4) is 0 Å². The fraction of sp³-hybridized carbons (Fsp3) is 0.684. The highest BCUT2D eigenvalue weighted by atomic mass is 15.1. The first kappa shape index (κ1) is 14.9. The van der Waals surface area contributed by atoms with Gasteiger partial charge in [-0.2, -0.15) is 0 Å². The summed E-state index contributed by atoms with van der Waals surface area (Å²) in [6, 6.07) is 0. The smallest absolute Gasteiger partial charge is 0.0365 e. The molecule has 0 aromatic rings. The molecule has 1 saturated heterocycles. The minimum absolute atomic E-state index is 0.363. The van der Waals surface area contributed by atoms with Crippen LogP contribution in [0.15, 0.2) is 35.6 Å². The molecule has 4 unspecified atom stereocenters. The van der Waals surface area contributed by atoms with Gasteiger partial charge in [0.1, 0.15) is 0 Å². The number of likely N-dealkylation sites (N-methyl/N-ethyl adjacent to an activating group) is 1. The van der Waals surface area contributed by atoms with Gasteiger partial charge in [0, 0.05) is 30.2 Å². The number of nitrogens with one attached hydrogen (secondary N) is 1. The molecule has 2 heteroatoms. The Labute approximate surface area is 130 Å². The van der Waals surface area contributed by atoms with E-state index in [2.05, 4.69) is 62.2 Å². The molecular formula is C19H30N2. The predicted molar refractivity (Wildman–Crippen MR) is 90.0 cm³/mol. The molecule has 2 aliphatic carbocycles. The van der Waals surface area contributed by atoms with Crippen LogP contribution in [0.4, 0.5) is 0 Å². The van der Waals surface area contributed by atoms with E-state index in [1.165, 1.54) is 25.1 Å². The first-order chi connectivity index (χ1) is 10.1. The predicted octanol–water partition coefficient (Wildman–Crippen LogP) is 3.73. The second kappa shape index (κ2) is 5.64. The van der Waals surface area contributed by atoms with Crippen LogP contribution in [0.5, 0.6) is 0 Å². The van der Waals surface area contributed by atoms with Crippen molar-refractivity contribution in [2.45, 2.75) is 46.1 Å². The van der Waals surface area contributed by atoms with E-state index in [0.717, 1.165) is 24.9 Å². The molecule has 0 aromatic heterocycles. The Morgan fingerprint density at radius 1 is 1.38 bits per heavy atom.